The molecule has 1 aromatic carbocycles. The lowest BCUT2D eigenvalue weighted by Gasteiger charge is -2.34. The number of amides is 1. The molecular weight excluding hydrogens is 290 g/mol. The van der Waals surface area contributed by atoms with Gasteiger partial charge in [0, 0.05) is 24.6 Å². The molecule has 2 N–H and O–H groups in total. The van der Waals surface area contributed by atoms with E-state index in [2.05, 4.69) is 11.8 Å². The summed E-state index contributed by atoms with van der Waals surface area (Å²) in [6, 6.07) is 4.90. The minimum atomic E-state index is -0.650. The van der Waals surface area contributed by atoms with E-state index in [1.807, 2.05) is 0 Å². The smallest absolute Gasteiger partial charge is 0.254 e. The molecule has 0 fully saturated rings. The number of nitrogens with zero attached hydrogens (tertiary/aromatic N) is 1. The number of hydrogen-bond donors (Lipinski definition) is 2. The number of aliphatic hydroxyl groups is 2. The summed E-state index contributed by atoms with van der Waals surface area (Å²) in [5.41, 5.74) is 0.408. The van der Waals surface area contributed by atoms with Crippen molar-refractivity contribution >= 4 is 17.5 Å². The quantitative estimate of drug-likeness (QED) is 0.835. The molecule has 1 amide bonds. The van der Waals surface area contributed by atoms with E-state index in [4.69, 9.17) is 16.7 Å². The lowest BCUT2D eigenvalue weighted by Crippen LogP contribution is -2.47. The molecule has 1 aromatic rings. The van der Waals surface area contributed by atoms with Crippen molar-refractivity contribution in [2.24, 2.45) is 0 Å². The van der Waals surface area contributed by atoms with E-state index in [1.165, 1.54) is 4.90 Å². The fourth-order valence-corrected chi connectivity index (χ4v) is 1.77. The number of halogens is 1. The first-order valence-electron chi connectivity index (χ1n) is 6.62. The first-order chi connectivity index (χ1) is 9.83. The largest absolute Gasteiger partial charge is 0.395 e. The molecule has 0 aromatic heterocycles. The molecule has 0 aliphatic heterocycles. The van der Waals surface area contributed by atoms with E-state index in [0.717, 1.165) is 0 Å². The Morgan fingerprint density at radius 3 is 2.57 bits per heavy atom. The number of likely N-dealkylation sites (N-methyl/N-ethyl adjacent to an activating group) is 1. The monoisotopic (exact) mass is 309 g/mol. The van der Waals surface area contributed by atoms with Crippen molar-refractivity contribution in [2.75, 3.05) is 20.3 Å². The van der Waals surface area contributed by atoms with Crippen LogP contribution in [0.3, 0.4) is 0 Å². The molecule has 4 nitrogen and oxygen atoms in total. The number of hydrogen-bond acceptors (Lipinski definition) is 3. The SMILES string of the molecule is CN(C(=O)c1ccc(C#CCCO)c(Cl)c1)C(C)(C)CO. The molecule has 0 spiro atoms. The van der Waals surface area contributed by atoms with Crippen LogP contribution < -0.4 is 0 Å². The summed E-state index contributed by atoms with van der Waals surface area (Å²) in [4.78, 5) is 13.8. The van der Waals surface area contributed by atoms with E-state index in [0.29, 0.717) is 22.6 Å². The van der Waals surface area contributed by atoms with Crippen LogP contribution in [0.25, 0.3) is 0 Å². The fraction of sp³-hybridized carbons (Fsp3) is 0.438. The highest BCUT2D eigenvalue weighted by molar-refractivity contribution is 6.32. The number of aliphatic hydroxyl groups excluding tert-OH is 2. The molecule has 0 saturated carbocycles. The highest BCUT2D eigenvalue weighted by Gasteiger charge is 2.27. The summed E-state index contributed by atoms with van der Waals surface area (Å²) >= 11 is 6.12. The van der Waals surface area contributed by atoms with Crippen LogP contribution in [0.15, 0.2) is 18.2 Å². The molecule has 0 radical (unpaired) electrons. The van der Waals surface area contributed by atoms with Crippen LogP contribution in [0.5, 0.6) is 0 Å². The minimum Gasteiger partial charge on any atom is -0.395 e. The van der Waals surface area contributed by atoms with E-state index < -0.39 is 5.54 Å². The summed E-state index contributed by atoms with van der Waals surface area (Å²) in [6.45, 7) is 3.43. The van der Waals surface area contributed by atoms with Crippen LogP contribution in [0.4, 0.5) is 0 Å². The second-order valence-corrected chi connectivity index (χ2v) is 5.71. The van der Waals surface area contributed by atoms with Gasteiger partial charge >= 0.3 is 0 Å². The summed E-state index contributed by atoms with van der Waals surface area (Å²) in [5, 5.41) is 18.4. The molecule has 0 unspecified atom stereocenters. The average molecular weight is 310 g/mol. The van der Waals surface area contributed by atoms with Gasteiger partial charge in [-0.25, -0.2) is 0 Å². The molecule has 0 aliphatic rings. The van der Waals surface area contributed by atoms with Crippen LogP contribution in [0, 0.1) is 11.8 Å². The van der Waals surface area contributed by atoms with Crippen molar-refractivity contribution in [3.8, 4) is 11.8 Å². The predicted molar refractivity (Wildman–Crippen MR) is 83.3 cm³/mol. The van der Waals surface area contributed by atoms with Crippen molar-refractivity contribution in [1.82, 2.24) is 4.90 Å². The van der Waals surface area contributed by atoms with Gasteiger partial charge in [0.1, 0.15) is 0 Å². The second-order valence-electron chi connectivity index (χ2n) is 5.30. The zero-order valence-corrected chi connectivity index (χ0v) is 13.2. The molecule has 0 heterocycles. The molecule has 0 aliphatic carbocycles. The van der Waals surface area contributed by atoms with Crippen molar-refractivity contribution in [3.05, 3.63) is 34.3 Å². The van der Waals surface area contributed by atoms with Gasteiger partial charge in [-0.3, -0.25) is 4.79 Å². The molecular formula is C16H20ClNO3. The Morgan fingerprint density at radius 2 is 2.05 bits per heavy atom. The lowest BCUT2D eigenvalue weighted by molar-refractivity contribution is 0.0473. The van der Waals surface area contributed by atoms with Gasteiger partial charge in [-0.05, 0) is 32.0 Å². The maximum atomic E-state index is 12.4. The Hall–Kier alpha value is -1.54. The number of carbonyl (C=O) groups excluding carboxylic acids is 1. The Labute approximate surface area is 130 Å². The van der Waals surface area contributed by atoms with Gasteiger partial charge in [-0.15, -0.1) is 0 Å². The highest BCUT2D eigenvalue weighted by atomic mass is 35.5. The third-order valence-corrected chi connectivity index (χ3v) is 3.59. The Kier molecular flexibility index (Phi) is 6.22. The van der Waals surface area contributed by atoms with Gasteiger partial charge in [0.05, 0.1) is 23.8 Å². The molecule has 1 rings (SSSR count). The second kappa shape index (κ2) is 7.46. The fourth-order valence-electron chi connectivity index (χ4n) is 1.54. The molecule has 5 heteroatoms. The number of benzene rings is 1. The summed E-state index contributed by atoms with van der Waals surface area (Å²) < 4.78 is 0. The van der Waals surface area contributed by atoms with Crippen LogP contribution in [-0.2, 0) is 0 Å². The first kappa shape index (κ1) is 17.5. The van der Waals surface area contributed by atoms with E-state index in [9.17, 15) is 9.90 Å². The van der Waals surface area contributed by atoms with E-state index >= 15 is 0 Å². The van der Waals surface area contributed by atoms with Crippen LogP contribution in [0.2, 0.25) is 5.02 Å². The normalized spacial score (nSPS) is 10.8. The third-order valence-electron chi connectivity index (χ3n) is 3.28. The minimum absolute atomic E-state index is 0.00221. The Morgan fingerprint density at radius 1 is 1.38 bits per heavy atom. The van der Waals surface area contributed by atoms with Crippen molar-refractivity contribution in [3.63, 3.8) is 0 Å². The van der Waals surface area contributed by atoms with Crippen LogP contribution in [0.1, 0.15) is 36.2 Å². The Balaban J connectivity index is 2.99. The van der Waals surface area contributed by atoms with Gasteiger partial charge in [0.25, 0.3) is 5.91 Å². The number of carbonyl (C=O) groups is 1. The zero-order valence-electron chi connectivity index (χ0n) is 12.5. The Bertz CT molecular complexity index is 573. The van der Waals surface area contributed by atoms with Gasteiger partial charge in [-0.1, -0.05) is 23.4 Å². The maximum absolute atomic E-state index is 12.4. The number of rotatable bonds is 4. The van der Waals surface area contributed by atoms with Crippen LogP contribution in [-0.4, -0.2) is 46.8 Å². The van der Waals surface area contributed by atoms with Gasteiger partial charge in [-0.2, -0.15) is 0 Å². The van der Waals surface area contributed by atoms with Gasteiger partial charge < -0.3 is 15.1 Å². The molecule has 0 bridgehead atoms. The maximum Gasteiger partial charge on any atom is 0.254 e. The molecule has 0 saturated heterocycles. The third kappa shape index (κ3) is 4.47. The van der Waals surface area contributed by atoms with Crippen molar-refractivity contribution < 1.29 is 15.0 Å². The molecule has 114 valence electrons. The standard InChI is InChI=1S/C16H20ClNO3/c1-16(2,11-20)18(3)15(21)13-8-7-12(14(17)10-13)6-4-5-9-19/h7-8,10,19-20H,5,9,11H2,1-3H3. The first-order valence-corrected chi connectivity index (χ1v) is 6.99. The average Bonchev–Trinajstić information content (AvgIpc) is 2.47. The van der Waals surface area contributed by atoms with Gasteiger partial charge in [0.2, 0.25) is 0 Å². The lowest BCUT2D eigenvalue weighted by atomic mass is 10.0. The topological polar surface area (TPSA) is 60.8 Å². The van der Waals surface area contributed by atoms with E-state index in [-0.39, 0.29) is 19.1 Å². The zero-order chi connectivity index (χ0) is 16.0. The summed E-state index contributed by atoms with van der Waals surface area (Å²) in [6.07, 6.45) is 0.379. The summed E-state index contributed by atoms with van der Waals surface area (Å²) in [7, 11) is 1.64. The highest BCUT2D eigenvalue weighted by Crippen LogP contribution is 2.20. The molecule has 21 heavy (non-hydrogen) atoms. The predicted octanol–water partition coefficient (Wildman–Crippen LogP) is 1.92. The summed E-state index contributed by atoms with van der Waals surface area (Å²) in [5.74, 6) is 5.41. The van der Waals surface area contributed by atoms with Crippen LogP contribution >= 0.6 is 11.6 Å². The van der Waals surface area contributed by atoms with Crippen molar-refractivity contribution in [1.29, 1.82) is 0 Å². The van der Waals surface area contributed by atoms with E-state index in [1.54, 1.807) is 39.1 Å². The van der Waals surface area contributed by atoms with Gasteiger partial charge in [0.15, 0.2) is 0 Å². The molecule has 0 atom stereocenters. The van der Waals surface area contributed by atoms with Crippen molar-refractivity contribution in [2.45, 2.75) is 25.8 Å².